The van der Waals surface area contributed by atoms with Crippen molar-refractivity contribution in [3.05, 3.63) is 35.4 Å². The number of hydrogen-bond donors (Lipinski definition) is 1. The molecule has 1 heterocycles. The molecular formula is C14H19NO. The third kappa shape index (κ3) is 2.00. The predicted octanol–water partition coefficient (Wildman–Crippen LogP) is 2.44. The molecule has 2 heteroatoms. The Morgan fingerprint density at radius 2 is 2.12 bits per heavy atom. The van der Waals surface area contributed by atoms with Gasteiger partial charge in [0.15, 0.2) is 0 Å². The normalized spacial score (nSPS) is 29.0. The molecule has 1 aromatic rings. The van der Waals surface area contributed by atoms with Crippen LogP contribution >= 0.6 is 0 Å². The van der Waals surface area contributed by atoms with E-state index in [1.807, 2.05) is 0 Å². The summed E-state index contributed by atoms with van der Waals surface area (Å²) in [5.74, 6) is 0. The number of rotatable bonds is 2. The average molecular weight is 217 g/mol. The van der Waals surface area contributed by atoms with Crippen LogP contribution in [-0.2, 0) is 11.2 Å². The van der Waals surface area contributed by atoms with Crippen molar-refractivity contribution in [1.29, 1.82) is 0 Å². The Morgan fingerprint density at radius 3 is 3.00 bits per heavy atom. The molecule has 86 valence electrons. The zero-order valence-corrected chi connectivity index (χ0v) is 9.61. The molecule has 3 rings (SSSR count). The van der Waals surface area contributed by atoms with Gasteiger partial charge in [-0.15, -0.1) is 0 Å². The van der Waals surface area contributed by atoms with Gasteiger partial charge in [0, 0.05) is 6.54 Å². The van der Waals surface area contributed by atoms with Crippen LogP contribution in [0.5, 0.6) is 0 Å². The van der Waals surface area contributed by atoms with Gasteiger partial charge in [-0.25, -0.2) is 0 Å². The van der Waals surface area contributed by atoms with Crippen LogP contribution in [0, 0.1) is 0 Å². The van der Waals surface area contributed by atoms with Crippen LogP contribution in [-0.4, -0.2) is 19.2 Å². The number of aryl methyl sites for hydroxylation is 1. The summed E-state index contributed by atoms with van der Waals surface area (Å²) in [7, 11) is 0. The number of fused-ring (bicyclic) bond motifs is 1. The summed E-state index contributed by atoms with van der Waals surface area (Å²) in [4.78, 5) is 0. The van der Waals surface area contributed by atoms with E-state index >= 15 is 0 Å². The van der Waals surface area contributed by atoms with E-state index in [1.54, 1.807) is 0 Å². The van der Waals surface area contributed by atoms with Gasteiger partial charge in [-0.3, -0.25) is 0 Å². The van der Waals surface area contributed by atoms with Gasteiger partial charge in [-0.1, -0.05) is 24.3 Å². The Kier molecular flexibility index (Phi) is 2.94. The quantitative estimate of drug-likeness (QED) is 0.821. The van der Waals surface area contributed by atoms with E-state index in [1.165, 1.54) is 36.8 Å². The first-order valence-electron chi connectivity index (χ1n) is 6.37. The molecule has 2 aliphatic rings. The maximum Gasteiger partial charge on any atom is 0.0832 e. The first-order valence-corrected chi connectivity index (χ1v) is 6.37. The van der Waals surface area contributed by atoms with Crippen LogP contribution in [0.1, 0.15) is 36.5 Å². The average Bonchev–Trinajstić information content (AvgIpc) is 2.82. The molecule has 1 unspecified atom stereocenters. The fraction of sp³-hybridized carbons (Fsp3) is 0.571. The Morgan fingerprint density at radius 1 is 1.19 bits per heavy atom. The van der Waals surface area contributed by atoms with Gasteiger partial charge in [0.2, 0.25) is 0 Å². The summed E-state index contributed by atoms with van der Waals surface area (Å²) in [5.41, 5.74) is 2.92. The van der Waals surface area contributed by atoms with Crippen LogP contribution in [0.15, 0.2) is 24.3 Å². The maximum atomic E-state index is 6.22. The summed E-state index contributed by atoms with van der Waals surface area (Å²) in [6.07, 6.45) is 5.61. The Hall–Kier alpha value is -0.860. The predicted molar refractivity (Wildman–Crippen MR) is 64.5 cm³/mol. The van der Waals surface area contributed by atoms with Gasteiger partial charge in [-0.2, -0.15) is 0 Å². The van der Waals surface area contributed by atoms with E-state index in [9.17, 15) is 0 Å². The lowest BCUT2D eigenvalue weighted by Crippen LogP contribution is -2.22. The van der Waals surface area contributed by atoms with E-state index in [4.69, 9.17) is 4.74 Å². The van der Waals surface area contributed by atoms with Gasteiger partial charge in [0.25, 0.3) is 0 Å². The molecule has 1 aliphatic heterocycles. The van der Waals surface area contributed by atoms with Gasteiger partial charge < -0.3 is 10.1 Å². The smallest absolute Gasteiger partial charge is 0.0832 e. The molecule has 0 radical (unpaired) electrons. The van der Waals surface area contributed by atoms with Crippen molar-refractivity contribution >= 4 is 0 Å². The van der Waals surface area contributed by atoms with Gasteiger partial charge in [0.1, 0.15) is 0 Å². The Labute approximate surface area is 97.0 Å². The molecule has 2 nitrogen and oxygen atoms in total. The molecule has 1 N–H and O–H groups in total. The van der Waals surface area contributed by atoms with Crippen LogP contribution < -0.4 is 5.32 Å². The number of benzene rings is 1. The van der Waals surface area contributed by atoms with Crippen molar-refractivity contribution in [2.75, 3.05) is 13.1 Å². The minimum absolute atomic E-state index is 0.342. The highest BCUT2D eigenvalue weighted by molar-refractivity contribution is 5.31. The number of hydrogen-bond acceptors (Lipinski definition) is 2. The van der Waals surface area contributed by atoms with Crippen LogP contribution in [0.4, 0.5) is 0 Å². The highest BCUT2D eigenvalue weighted by atomic mass is 16.5. The van der Waals surface area contributed by atoms with E-state index in [-0.39, 0.29) is 0 Å². The second kappa shape index (κ2) is 4.56. The maximum absolute atomic E-state index is 6.22. The van der Waals surface area contributed by atoms with Crippen molar-refractivity contribution in [3.63, 3.8) is 0 Å². The third-order valence-electron chi connectivity index (χ3n) is 3.69. The molecular weight excluding hydrogens is 198 g/mol. The highest BCUT2D eigenvalue weighted by Gasteiger charge is 2.25. The van der Waals surface area contributed by atoms with Crippen LogP contribution in [0.25, 0.3) is 0 Å². The van der Waals surface area contributed by atoms with Gasteiger partial charge in [-0.05, 0) is 43.4 Å². The van der Waals surface area contributed by atoms with E-state index in [0.717, 1.165) is 13.1 Å². The van der Waals surface area contributed by atoms with Crippen LogP contribution in [0.3, 0.4) is 0 Å². The monoisotopic (exact) mass is 217 g/mol. The molecule has 0 spiro atoms. The van der Waals surface area contributed by atoms with Crippen molar-refractivity contribution in [2.45, 2.75) is 37.9 Å². The van der Waals surface area contributed by atoms with E-state index < -0.39 is 0 Å². The molecule has 0 saturated carbocycles. The third-order valence-corrected chi connectivity index (χ3v) is 3.69. The molecule has 0 amide bonds. The lowest BCUT2D eigenvalue weighted by atomic mass is 9.89. The standard InChI is InChI=1S/C14H19NO/c1-2-6-13-11(4-1)5-3-7-14(13)16-12-8-9-15-10-12/h1-2,4,6,12,14-15H,3,5,7-10H2/t12-,14?/m0/s1. The first kappa shape index (κ1) is 10.3. The Balaban J connectivity index is 1.76. The highest BCUT2D eigenvalue weighted by Crippen LogP contribution is 2.33. The molecule has 16 heavy (non-hydrogen) atoms. The lowest BCUT2D eigenvalue weighted by Gasteiger charge is -2.28. The molecule has 2 atom stereocenters. The van der Waals surface area contributed by atoms with E-state index in [2.05, 4.69) is 29.6 Å². The van der Waals surface area contributed by atoms with Crippen LogP contribution in [0.2, 0.25) is 0 Å². The molecule has 1 saturated heterocycles. The van der Waals surface area contributed by atoms with Crippen molar-refractivity contribution in [1.82, 2.24) is 5.32 Å². The molecule has 0 aromatic heterocycles. The van der Waals surface area contributed by atoms with Gasteiger partial charge in [0.05, 0.1) is 12.2 Å². The van der Waals surface area contributed by atoms with Gasteiger partial charge >= 0.3 is 0 Å². The fourth-order valence-electron chi connectivity index (χ4n) is 2.83. The minimum Gasteiger partial charge on any atom is -0.369 e. The van der Waals surface area contributed by atoms with Crippen molar-refractivity contribution < 1.29 is 4.74 Å². The minimum atomic E-state index is 0.342. The summed E-state index contributed by atoms with van der Waals surface area (Å²) < 4.78 is 6.22. The first-order chi connectivity index (χ1) is 7.93. The second-order valence-electron chi connectivity index (χ2n) is 4.83. The zero-order valence-electron chi connectivity index (χ0n) is 9.61. The summed E-state index contributed by atoms with van der Waals surface area (Å²) >= 11 is 0. The van der Waals surface area contributed by atoms with Crippen molar-refractivity contribution in [3.8, 4) is 0 Å². The number of nitrogens with one attached hydrogen (secondary N) is 1. The molecule has 0 bridgehead atoms. The van der Waals surface area contributed by atoms with Crippen molar-refractivity contribution in [2.24, 2.45) is 0 Å². The molecule has 1 fully saturated rings. The number of ether oxygens (including phenoxy) is 1. The molecule has 1 aliphatic carbocycles. The molecule has 1 aromatic carbocycles. The summed E-state index contributed by atoms with van der Waals surface area (Å²) in [5, 5.41) is 3.36. The SMILES string of the molecule is c1ccc2c(c1)CCCC2O[C@H]1CCNC1. The topological polar surface area (TPSA) is 21.3 Å². The fourth-order valence-corrected chi connectivity index (χ4v) is 2.83. The zero-order chi connectivity index (χ0) is 10.8. The second-order valence-corrected chi connectivity index (χ2v) is 4.83. The summed E-state index contributed by atoms with van der Waals surface area (Å²) in [6, 6.07) is 8.76. The largest absolute Gasteiger partial charge is 0.369 e. The Bertz CT molecular complexity index is 358. The summed E-state index contributed by atoms with van der Waals surface area (Å²) in [6.45, 7) is 2.14. The van der Waals surface area contributed by atoms with E-state index in [0.29, 0.717) is 12.2 Å². The lowest BCUT2D eigenvalue weighted by molar-refractivity contribution is -0.0115.